The molecule has 26 heavy (non-hydrogen) atoms. The molecule has 4 nitrogen and oxygen atoms in total. The quantitative estimate of drug-likeness (QED) is 0.656. The Morgan fingerprint density at radius 2 is 1.35 bits per heavy atom. The molecule has 3 rings (SSSR count). The number of hydrogen-bond acceptors (Lipinski definition) is 3. The molecule has 0 unspecified atom stereocenters. The third-order valence-electron chi connectivity index (χ3n) is 3.83. The third-order valence-corrected chi connectivity index (χ3v) is 3.83. The van der Waals surface area contributed by atoms with E-state index < -0.39 is 6.29 Å². The molecule has 0 saturated carbocycles. The van der Waals surface area contributed by atoms with E-state index >= 15 is 0 Å². The minimum absolute atomic E-state index is 0.371. The highest BCUT2D eigenvalue weighted by Gasteiger charge is 2.23. The Labute approximate surface area is 153 Å². The zero-order valence-corrected chi connectivity index (χ0v) is 14.8. The molecule has 1 amide bonds. The molecule has 0 aromatic heterocycles. The summed E-state index contributed by atoms with van der Waals surface area (Å²) in [6.45, 7) is 3.96. The number of benzene rings is 3. The fourth-order valence-corrected chi connectivity index (χ4v) is 2.52. The first-order valence-corrected chi connectivity index (χ1v) is 8.43. The molecule has 4 heteroatoms. The van der Waals surface area contributed by atoms with E-state index in [2.05, 4.69) is 5.32 Å². The van der Waals surface area contributed by atoms with E-state index in [0.717, 1.165) is 16.8 Å². The minimum Gasteiger partial charge on any atom is -0.446 e. The van der Waals surface area contributed by atoms with Gasteiger partial charge in [0.15, 0.2) is 0 Å². The summed E-state index contributed by atoms with van der Waals surface area (Å²) in [7, 11) is 0. The molecule has 132 valence electrons. The van der Waals surface area contributed by atoms with Gasteiger partial charge in [-0.3, -0.25) is 4.79 Å². The molecule has 0 radical (unpaired) electrons. The van der Waals surface area contributed by atoms with Gasteiger partial charge in [0, 0.05) is 5.69 Å². The Balaban J connectivity index is 1.80. The molecule has 0 aliphatic carbocycles. The smallest absolute Gasteiger partial charge is 0.321 e. The third kappa shape index (κ3) is 4.63. The van der Waals surface area contributed by atoms with Gasteiger partial charge in [-0.25, -0.2) is 0 Å². The van der Waals surface area contributed by atoms with Gasteiger partial charge in [-0.1, -0.05) is 54.1 Å². The average Bonchev–Trinajstić information content (AvgIpc) is 2.65. The van der Waals surface area contributed by atoms with Crippen LogP contribution in [0.5, 0.6) is 11.5 Å². The van der Waals surface area contributed by atoms with Crippen molar-refractivity contribution in [3.63, 3.8) is 0 Å². The summed E-state index contributed by atoms with van der Waals surface area (Å²) in [6, 6.07) is 24.1. The summed E-state index contributed by atoms with van der Waals surface area (Å²) in [5.41, 5.74) is 2.86. The first-order chi connectivity index (χ1) is 12.6. The molecule has 0 aliphatic heterocycles. The average molecular weight is 347 g/mol. The fourth-order valence-electron chi connectivity index (χ4n) is 2.52. The van der Waals surface area contributed by atoms with E-state index in [1.54, 1.807) is 24.3 Å². The second kappa shape index (κ2) is 8.21. The molecular formula is C22H21NO3. The van der Waals surface area contributed by atoms with Crippen molar-refractivity contribution < 1.29 is 14.3 Å². The van der Waals surface area contributed by atoms with Gasteiger partial charge in [0.2, 0.25) is 0 Å². The molecule has 3 aromatic rings. The van der Waals surface area contributed by atoms with E-state index in [1.165, 1.54) is 0 Å². The molecule has 0 aliphatic rings. The number of para-hydroxylation sites is 2. The van der Waals surface area contributed by atoms with Crippen LogP contribution in [0.15, 0.2) is 78.9 Å². The molecule has 0 spiro atoms. The maximum Gasteiger partial charge on any atom is 0.321 e. The zero-order valence-electron chi connectivity index (χ0n) is 14.8. The lowest BCUT2D eigenvalue weighted by Crippen LogP contribution is -2.38. The number of aryl methyl sites for hydroxylation is 2. The van der Waals surface area contributed by atoms with Crippen LogP contribution in [0.25, 0.3) is 0 Å². The van der Waals surface area contributed by atoms with Crippen LogP contribution in [0.2, 0.25) is 0 Å². The van der Waals surface area contributed by atoms with Gasteiger partial charge in [0.1, 0.15) is 11.5 Å². The first-order valence-electron chi connectivity index (χ1n) is 8.43. The van der Waals surface area contributed by atoms with E-state index in [4.69, 9.17) is 9.47 Å². The Morgan fingerprint density at radius 3 is 1.85 bits per heavy atom. The standard InChI is InChI=1S/C22H21NO3/c1-16-13-14-20(17(2)15-16)23-21(24)22(25-18-9-5-3-6-10-18)26-19-11-7-4-8-12-19/h3-15,22H,1-2H3,(H,23,24). The summed E-state index contributed by atoms with van der Waals surface area (Å²) < 4.78 is 11.6. The fraction of sp³-hybridized carbons (Fsp3) is 0.136. The lowest BCUT2D eigenvalue weighted by atomic mass is 10.1. The van der Waals surface area contributed by atoms with Gasteiger partial charge in [-0.2, -0.15) is 0 Å². The summed E-state index contributed by atoms with van der Waals surface area (Å²) >= 11 is 0. The highest BCUT2D eigenvalue weighted by Crippen LogP contribution is 2.19. The van der Waals surface area contributed by atoms with Gasteiger partial charge < -0.3 is 14.8 Å². The van der Waals surface area contributed by atoms with Crippen LogP contribution in [0.3, 0.4) is 0 Å². The van der Waals surface area contributed by atoms with Crippen LogP contribution in [0.4, 0.5) is 5.69 Å². The molecule has 3 aromatic carbocycles. The van der Waals surface area contributed by atoms with E-state index in [-0.39, 0.29) is 5.91 Å². The van der Waals surface area contributed by atoms with Crippen molar-refractivity contribution in [3.05, 3.63) is 90.0 Å². The maximum absolute atomic E-state index is 12.8. The number of carbonyl (C=O) groups excluding carboxylic acids is 1. The number of hydrogen-bond donors (Lipinski definition) is 1. The Morgan fingerprint density at radius 1 is 0.808 bits per heavy atom. The molecule has 0 saturated heterocycles. The zero-order chi connectivity index (χ0) is 18.4. The first kappa shape index (κ1) is 17.5. The number of amides is 1. The lowest BCUT2D eigenvalue weighted by Gasteiger charge is -2.20. The maximum atomic E-state index is 12.8. The van der Waals surface area contributed by atoms with Crippen LogP contribution in [0, 0.1) is 13.8 Å². The Hall–Kier alpha value is -3.27. The van der Waals surface area contributed by atoms with E-state index in [0.29, 0.717) is 11.5 Å². The highest BCUT2D eigenvalue weighted by molar-refractivity contribution is 5.94. The van der Waals surface area contributed by atoms with Gasteiger partial charge in [-0.05, 0) is 49.7 Å². The number of anilines is 1. The summed E-state index contributed by atoms with van der Waals surface area (Å²) in [5, 5.41) is 2.89. The van der Waals surface area contributed by atoms with Gasteiger partial charge in [-0.15, -0.1) is 0 Å². The molecule has 0 atom stereocenters. The van der Waals surface area contributed by atoms with Crippen molar-refractivity contribution in [3.8, 4) is 11.5 Å². The van der Waals surface area contributed by atoms with Crippen molar-refractivity contribution in [2.75, 3.05) is 5.32 Å². The van der Waals surface area contributed by atoms with Crippen molar-refractivity contribution in [2.45, 2.75) is 20.1 Å². The van der Waals surface area contributed by atoms with Crippen LogP contribution < -0.4 is 14.8 Å². The Bertz CT molecular complexity index is 822. The monoisotopic (exact) mass is 347 g/mol. The topological polar surface area (TPSA) is 47.6 Å². The number of rotatable bonds is 6. The van der Waals surface area contributed by atoms with Crippen LogP contribution >= 0.6 is 0 Å². The number of nitrogens with one attached hydrogen (secondary N) is 1. The molecule has 0 bridgehead atoms. The van der Waals surface area contributed by atoms with E-state index in [9.17, 15) is 4.79 Å². The number of carbonyl (C=O) groups is 1. The second-order valence-electron chi connectivity index (χ2n) is 6.00. The summed E-state index contributed by atoms with van der Waals surface area (Å²) in [4.78, 5) is 12.8. The van der Waals surface area contributed by atoms with E-state index in [1.807, 2.05) is 68.4 Å². The molecule has 0 fully saturated rings. The minimum atomic E-state index is -1.11. The van der Waals surface area contributed by atoms with Crippen molar-refractivity contribution >= 4 is 11.6 Å². The van der Waals surface area contributed by atoms with Gasteiger partial charge in [0.05, 0.1) is 0 Å². The van der Waals surface area contributed by atoms with Crippen molar-refractivity contribution in [1.29, 1.82) is 0 Å². The SMILES string of the molecule is Cc1ccc(NC(=O)C(Oc2ccccc2)Oc2ccccc2)c(C)c1. The summed E-state index contributed by atoms with van der Waals surface area (Å²) in [6.07, 6.45) is -1.11. The molecule has 1 N–H and O–H groups in total. The summed E-state index contributed by atoms with van der Waals surface area (Å²) in [5.74, 6) is 0.748. The lowest BCUT2D eigenvalue weighted by molar-refractivity contribution is -0.134. The Kier molecular flexibility index (Phi) is 5.54. The predicted octanol–water partition coefficient (Wildman–Crippen LogP) is 4.73. The van der Waals surface area contributed by atoms with Gasteiger partial charge >= 0.3 is 12.2 Å². The highest BCUT2D eigenvalue weighted by atomic mass is 16.7. The van der Waals surface area contributed by atoms with Crippen LogP contribution in [-0.2, 0) is 4.79 Å². The molecule has 0 heterocycles. The largest absolute Gasteiger partial charge is 0.446 e. The van der Waals surface area contributed by atoms with Crippen LogP contribution in [-0.4, -0.2) is 12.2 Å². The predicted molar refractivity (Wildman–Crippen MR) is 102 cm³/mol. The van der Waals surface area contributed by atoms with Crippen molar-refractivity contribution in [1.82, 2.24) is 0 Å². The van der Waals surface area contributed by atoms with Gasteiger partial charge in [0.25, 0.3) is 0 Å². The normalized spacial score (nSPS) is 10.4. The number of ether oxygens (including phenoxy) is 2. The van der Waals surface area contributed by atoms with Crippen LogP contribution in [0.1, 0.15) is 11.1 Å². The molecular weight excluding hydrogens is 326 g/mol. The van der Waals surface area contributed by atoms with Crippen molar-refractivity contribution in [2.24, 2.45) is 0 Å². The second-order valence-corrected chi connectivity index (χ2v) is 6.00.